The van der Waals surface area contributed by atoms with Gasteiger partial charge in [-0.15, -0.1) is 0 Å². The monoisotopic (exact) mass is 370 g/mol. The minimum absolute atomic E-state index is 0.0345. The molecule has 0 radical (unpaired) electrons. The molecule has 2 aromatic heterocycles. The lowest BCUT2D eigenvalue weighted by Crippen LogP contribution is -2.16. The van der Waals surface area contributed by atoms with Gasteiger partial charge in [-0.3, -0.25) is 9.79 Å². The molecule has 0 unspecified atom stereocenters. The molecule has 3 N–H and O–H groups in total. The molecule has 3 rings (SSSR count). The van der Waals surface area contributed by atoms with E-state index in [2.05, 4.69) is 15.0 Å². The molecule has 0 atom stereocenters. The minimum Gasteiger partial charge on any atom is -0.490 e. The topological polar surface area (TPSA) is 111 Å². The van der Waals surface area contributed by atoms with Crippen molar-refractivity contribution in [3.8, 4) is 17.1 Å². The molecule has 8 heteroatoms. The second kappa shape index (κ2) is 7.38. The molecule has 8 nitrogen and oxygen atoms in total. The second-order valence-corrected chi connectivity index (χ2v) is 7.22. The fourth-order valence-corrected chi connectivity index (χ4v) is 3.09. The van der Waals surface area contributed by atoms with Crippen LogP contribution in [-0.4, -0.2) is 38.9 Å². The Morgan fingerprint density at radius 2 is 2.11 bits per heavy atom. The van der Waals surface area contributed by atoms with Gasteiger partial charge in [-0.2, -0.15) is 0 Å². The molecular formula is C19H26N6O2. The normalized spacial score (nSPS) is 14.8. The molecule has 144 valence electrons. The van der Waals surface area contributed by atoms with Crippen molar-refractivity contribution in [1.82, 2.24) is 14.5 Å². The Bertz CT molecular complexity index is 961. The van der Waals surface area contributed by atoms with Crippen LogP contribution in [0.25, 0.3) is 11.4 Å². The van der Waals surface area contributed by atoms with Crippen molar-refractivity contribution in [2.45, 2.75) is 53.1 Å². The number of amidine groups is 2. The minimum atomic E-state index is -0.130. The Labute approximate surface area is 158 Å². The first kappa shape index (κ1) is 18.9. The molecule has 1 aliphatic heterocycles. The van der Waals surface area contributed by atoms with Gasteiger partial charge in [-0.05, 0) is 26.7 Å². The van der Waals surface area contributed by atoms with Crippen LogP contribution in [0.1, 0.15) is 51.8 Å². The maximum absolute atomic E-state index is 12.3. The Morgan fingerprint density at radius 3 is 2.74 bits per heavy atom. The summed E-state index contributed by atoms with van der Waals surface area (Å²) >= 11 is 0. The van der Waals surface area contributed by atoms with Gasteiger partial charge in [0.05, 0.1) is 23.5 Å². The Balaban J connectivity index is 2.19. The highest BCUT2D eigenvalue weighted by Gasteiger charge is 2.25. The number of nitrogens with one attached hydrogen (secondary N) is 1. The van der Waals surface area contributed by atoms with Gasteiger partial charge >= 0.3 is 0 Å². The molecule has 3 heterocycles. The van der Waals surface area contributed by atoms with E-state index in [4.69, 9.17) is 15.5 Å². The number of fused-ring (bicyclic) bond motifs is 3. The van der Waals surface area contributed by atoms with Crippen molar-refractivity contribution in [3.05, 3.63) is 34.0 Å². The molecule has 0 saturated heterocycles. The summed E-state index contributed by atoms with van der Waals surface area (Å²) in [6.07, 6.45) is 3.57. The molecule has 0 amide bonds. The van der Waals surface area contributed by atoms with Gasteiger partial charge < -0.3 is 20.0 Å². The predicted molar refractivity (Wildman–Crippen MR) is 107 cm³/mol. The first-order chi connectivity index (χ1) is 12.8. The summed E-state index contributed by atoms with van der Waals surface area (Å²) in [5, 5.41) is 0. The Hall–Kier alpha value is -2.90. The van der Waals surface area contributed by atoms with E-state index in [0.29, 0.717) is 41.8 Å². The largest absolute Gasteiger partial charge is 0.490 e. The second-order valence-electron chi connectivity index (χ2n) is 7.22. The number of aromatic amines is 1. The lowest BCUT2D eigenvalue weighted by atomic mass is 10.0. The van der Waals surface area contributed by atoms with E-state index in [1.165, 1.54) is 0 Å². The maximum Gasteiger partial charge on any atom is 0.255 e. The average molecular weight is 370 g/mol. The molecule has 2 aromatic rings. The number of nitrogens with zero attached hydrogens (tertiary/aromatic N) is 4. The molecule has 0 fully saturated rings. The standard InChI is InChI=1S/C19H26N6O2/c1-10(2)15-16-13(8-21-19(15)26)18-24-14(9-25(18)6-7-27-16)17(22-11(3)4)23-12(5)20/h8-11H,6-7H2,1-5H3,(H,21,26)(H2,20,22,23). The summed E-state index contributed by atoms with van der Waals surface area (Å²) in [7, 11) is 0. The van der Waals surface area contributed by atoms with Gasteiger partial charge in [0.15, 0.2) is 5.84 Å². The van der Waals surface area contributed by atoms with E-state index in [9.17, 15) is 4.79 Å². The summed E-state index contributed by atoms with van der Waals surface area (Å²) in [6, 6.07) is 0.0594. The third-order valence-electron chi connectivity index (χ3n) is 4.15. The van der Waals surface area contributed by atoms with Crippen LogP contribution in [0.3, 0.4) is 0 Å². The fraction of sp³-hybridized carbons (Fsp3) is 0.474. The van der Waals surface area contributed by atoms with Crippen LogP contribution in [0.2, 0.25) is 0 Å². The highest BCUT2D eigenvalue weighted by atomic mass is 16.5. The number of nitrogens with two attached hydrogens (primary N) is 1. The van der Waals surface area contributed by atoms with E-state index in [-0.39, 0.29) is 17.5 Å². The number of ether oxygens (including phenoxy) is 1. The van der Waals surface area contributed by atoms with E-state index in [0.717, 1.165) is 11.4 Å². The van der Waals surface area contributed by atoms with Crippen molar-refractivity contribution >= 4 is 11.7 Å². The highest BCUT2D eigenvalue weighted by Crippen LogP contribution is 2.35. The number of aromatic nitrogens is 3. The fourth-order valence-electron chi connectivity index (χ4n) is 3.09. The quantitative estimate of drug-likeness (QED) is 0.638. The van der Waals surface area contributed by atoms with Gasteiger partial charge in [0.1, 0.15) is 23.9 Å². The van der Waals surface area contributed by atoms with Crippen molar-refractivity contribution in [1.29, 1.82) is 0 Å². The van der Waals surface area contributed by atoms with E-state index in [1.807, 2.05) is 38.5 Å². The first-order valence-corrected chi connectivity index (χ1v) is 9.12. The number of pyridine rings is 1. The van der Waals surface area contributed by atoms with Crippen LogP contribution in [0, 0.1) is 0 Å². The van der Waals surface area contributed by atoms with Crippen LogP contribution >= 0.6 is 0 Å². The molecular weight excluding hydrogens is 344 g/mol. The average Bonchev–Trinajstić information content (AvgIpc) is 2.90. The third kappa shape index (κ3) is 3.79. The molecule has 0 aliphatic carbocycles. The zero-order chi connectivity index (χ0) is 19.7. The number of hydrogen-bond donors (Lipinski definition) is 2. The van der Waals surface area contributed by atoms with Crippen molar-refractivity contribution in [2.24, 2.45) is 15.7 Å². The van der Waals surface area contributed by atoms with Gasteiger partial charge in [0.2, 0.25) is 0 Å². The van der Waals surface area contributed by atoms with E-state index < -0.39 is 0 Å². The summed E-state index contributed by atoms with van der Waals surface area (Å²) in [5.74, 6) is 2.28. The SMILES string of the molecule is CC(N)=NC(=NC(C)C)c1cn2c(n1)-c1c[nH]c(=O)c(C(C)C)c1OCC2. The number of hydrogen-bond acceptors (Lipinski definition) is 4. The highest BCUT2D eigenvalue weighted by molar-refractivity contribution is 6.04. The predicted octanol–water partition coefficient (Wildman–Crippen LogP) is 2.29. The lowest BCUT2D eigenvalue weighted by molar-refractivity contribution is 0.302. The van der Waals surface area contributed by atoms with Crippen molar-refractivity contribution in [2.75, 3.05) is 6.61 Å². The van der Waals surface area contributed by atoms with Crippen LogP contribution < -0.4 is 16.0 Å². The zero-order valence-corrected chi connectivity index (χ0v) is 16.4. The number of aliphatic imine (C=N–C) groups is 2. The number of rotatable bonds is 3. The summed E-state index contributed by atoms with van der Waals surface area (Å²) < 4.78 is 7.93. The summed E-state index contributed by atoms with van der Waals surface area (Å²) in [5.41, 5.74) is 7.69. The van der Waals surface area contributed by atoms with Gasteiger partial charge in [-0.25, -0.2) is 9.98 Å². The molecule has 0 saturated carbocycles. The Kier molecular flexibility index (Phi) is 5.16. The van der Waals surface area contributed by atoms with Gasteiger partial charge in [-0.1, -0.05) is 13.8 Å². The Morgan fingerprint density at radius 1 is 1.37 bits per heavy atom. The zero-order valence-electron chi connectivity index (χ0n) is 16.4. The maximum atomic E-state index is 12.3. The summed E-state index contributed by atoms with van der Waals surface area (Å²) in [4.78, 5) is 28.8. The molecule has 0 aromatic carbocycles. The van der Waals surface area contributed by atoms with Crippen LogP contribution in [0.5, 0.6) is 5.75 Å². The van der Waals surface area contributed by atoms with E-state index in [1.54, 1.807) is 13.1 Å². The molecule has 0 spiro atoms. The van der Waals surface area contributed by atoms with E-state index >= 15 is 0 Å². The third-order valence-corrected chi connectivity index (χ3v) is 4.15. The number of imidazole rings is 1. The molecule has 1 aliphatic rings. The van der Waals surface area contributed by atoms with Crippen LogP contribution in [-0.2, 0) is 6.54 Å². The van der Waals surface area contributed by atoms with Crippen LogP contribution in [0.15, 0.2) is 27.2 Å². The smallest absolute Gasteiger partial charge is 0.255 e. The van der Waals surface area contributed by atoms with Crippen molar-refractivity contribution in [3.63, 3.8) is 0 Å². The van der Waals surface area contributed by atoms with Gasteiger partial charge in [0, 0.05) is 18.4 Å². The molecule has 27 heavy (non-hydrogen) atoms. The van der Waals surface area contributed by atoms with Gasteiger partial charge in [0.25, 0.3) is 5.56 Å². The number of H-pyrrole nitrogens is 1. The lowest BCUT2D eigenvalue weighted by Gasteiger charge is -2.13. The molecule has 0 bridgehead atoms. The van der Waals surface area contributed by atoms with Crippen molar-refractivity contribution < 1.29 is 4.74 Å². The van der Waals surface area contributed by atoms with Crippen LogP contribution in [0.4, 0.5) is 0 Å². The first-order valence-electron chi connectivity index (χ1n) is 9.12. The summed E-state index contributed by atoms with van der Waals surface area (Å²) in [6.45, 7) is 10.7.